The average Bonchev–Trinajstić information content (AvgIpc) is 2.55. The summed E-state index contributed by atoms with van der Waals surface area (Å²) in [5.74, 6) is -1.20. The fraction of sp³-hybridized carbons (Fsp3) is 0.211. The Bertz CT molecular complexity index is 796. The van der Waals surface area contributed by atoms with Crippen molar-refractivity contribution in [2.45, 2.75) is 20.8 Å². The number of benzene rings is 2. The first-order chi connectivity index (χ1) is 11.4. The van der Waals surface area contributed by atoms with E-state index in [0.29, 0.717) is 11.3 Å². The van der Waals surface area contributed by atoms with E-state index in [1.54, 1.807) is 18.2 Å². The van der Waals surface area contributed by atoms with Crippen LogP contribution in [0.15, 0.2) is 42.5 Å². The van der Waals surface area contributed by atoms with Crippen molar-refractivity contribution in [3.05, 3.63) is 64.7 Å². The minimum atomic E-state index is -0.645. The van der Waals surface area contributed by atoms with Crippen LogP contribution in [-0.4, -0.2) is 24.3 Å². The van der Waals surface area contributed by atoms with Gasteiger partial charge in [-0.2, -0.15) is 0 Å². The largest absolute Gasteiger partial charge is 0.452 e. The summed E-state index contributed by atoms with van der Waals surface area (Å²) in [6, 6.07) is 11.9. The van der Waals surface area contributed by atoms with Crippen LogP contribution in [0.1, 0.15) is 38.8 Å². The highest BCUT2D eigenvalue weighted by molar-refractivity contribution is 5.99. The van der Waals surface area contributed by atoms with Gasteiger partial charge >= 0.3 is 5.97 Å². The first-order valence-corrected chi connectivity index (χ1v) is 7.52. The summed E-state index contributed by atoms with van der Waals surface area (Å²) >= 11 is 0. The van der Waals surface area contributed by atoms with Crippen molar-refractivity contribution in [2.75, 3.05) is 11.9 Å². The summed E-state index contributed by atoms with van der Waals surface area (Å²) in [6.45, 7) is 4.88. The van der Waals surface area contributed by atoms with E-state index in [-0.39, 0.29) is 11.3 Å². The maximum Gasteiger partial charge on any atom is 0.338 e. The van der Waals surface area contributed by atoms with Gasteiger partial charge in [-0.25, -0.2) is 4.79 Å². The molecule has 1 N–H and O–H groups in total. The Kier molecular flexibility index (Phi) is 5.47. The maximum atomic E-state index is 12.0. The molecular formula is C19H19NO4. The molecule has 0 aliphatic rings. The van der Waals surface area contributed by atoms with Crippen molar-refractivity contribution >= 4 is 23.3 Å². The van der Waals surface area contributed by atoms with E-state index in [0.717, 1.165) is 11.1 Å². The van der Waals surface area contributed by atoms with Gasteiger partial charge in [0.25, 0.3) is 5.91 Å². The van der Waals surface area contributed by atoms with Crippen LogP contribution in [0.5, 0.6) is 0 Å². The zero-order valence-corrected chi connectivity index (χ0v) is 13.9. The molecule has 1 amide bonds. The Morgan fingerprint density at radius 3 is 2.38 bits per heavy atom. The lowest BCUT2D eigenvalue weighted by Crippen LogP contribution is -2.21. The predicted molar refractivity (Wildman–Crippen MR) is 91.3 cm³/mol. The van der Waals surface area contributed by atoms with Crippen LogP contribution in [-0.2, 0) is 9.53 Å². The second-order valence-corrected chi connectivity index (χ2v) is 5.58. The van der Waals surface area contributed by atoms with E-state index in [9.17, 15) is 14.4 Å². The van der Waals surface area contributed by atoms with Crippen molar-refractivity contribution < 1.29 is 19.1 Å². The molecule has 0 aliphatic carbocycles. The monoisotopic (exact) mass is 325 g/mol. The highest BCUT2D eigenvalue weighted by Gasteiger charge is 2.12. The fourth-order valence-electron chi connectivity index (χ4n) is 2.22. The highest BCUT2D eigenvalue weighted by Crippen LogP contribution is 2.16. The Balaban J connectivity index is 1.95. The van der Waals surface area contributed by atoms with E-state index in [2.05, 4.69) is 5.32 Å². The average molecular weight is 325 g/mol. The molecule has 0 atom stereocenters. The number of hydrogen-bond donors (Lipinski definition) is 1. The number of Topliss-reactive ketones (excluding diaryl/α,β-unsaturated/α-hetero) is 1. The third-order valence-electron chi connectivity index (χ3n) is 3.50. The molecule has 24 heavy (non-hydrogen) atoms. The number of amides is 1. The van der Waals surface area contributed by atoms with Crippen LogP contribution in [0.2, 0.25) is 0 Å². The number of carbonyl (C=O) groups excluding carboxylic acids is 3. The lowest BCUT2D eigenvalue weighted by Gasteiger charge is -2.10. The van der Waals surface area contributed by atoms with Crippen LogP contribution in [0.3, 0.4) is 0 Å². The zero-order chi connectivity index (χ0) is 17.7. The van der Waals surface area contributed by atoms with Gasteiger partial charge in [-0.05, 0) is 44.5 Å². The van der Waals surface area contributed by atoms with E-state index in [1.165, 1.54) is 19.1 Å². The topological polar surface area (TPSA) is 72.5 Å². The fourth-order valence-corrected chi connectivity index (χ4v) is 2.22. The van der Waals surface area contributed by atoms with Crippen molar-refractivity contribution in [1.82, 2.24) is 0 Å². The number of ketones is 1. The van der Waals surface area contributed by atoms with E-state index in [4.69, 9.17) is 4.74 Å². The molecule has 5 heteroatoms. The molecule has 0 saturated heterocycles. The van der Waals surface area contributed by atoms with Gasteiger partial charge in [-0.15, -0.1) is 0 Å². The SMILES string of the molecule is CC(=O)c1cccc(C(=O)OCC(=O)Nc2ccc(C)cc2C)c1. The van der Waals surface area contributed by atoms with Gasteiger partial charge in [0.05, 0.1) is 5.56 Å². The van der Waals surface area contributed by atoms with E-state index < -0.39 is 18.5 Å². The van der Waals surface area contributed by atoms with Crippen molar-refractivity contribution in [2.24, 2.45) is 0 Å². The first kappa shape index (κ1) is 17.4. The summed E-state index contributed by atoms with van der Waals surface area (Å²) < 4.78 is 5.00. The van der Waals surface area contributed by atoms with Crippen LogP contribution in [0, 0.1) is 13.8 Å². The Hall–Kier alpha value is -2.95. The second kappa shape index (κ2) is 7.55. The van der Waals surface area contributed by atoms with Crippen LogP contribution in [0.25, 0.3) is 0 Å². The molecule has 2 aromatic rings. The summed E-state index contributed by atoms with van der Waals surface area (Å²) in [5.41, 5.74) is 3.37. The lowest BCUT2D eigenvalue weighted by molar-refractivity contribution is -0.119. The Morgan fingerprint density at radius 1 is 1.00 bits per heavy atom. The van der Waals surface area contributed by atoms with Gasteiger partial charge in [-0.1, -0.05) is 29.8 Å². The molecule has 5 nitrogen and oxygen atoms in total. The predicted octanol–water partition coefficient (Wildman–Crippen LogP) is 3.30. The molecule has 2 aromatic carbocycles. The van der Waals surface area contributed by atoms with Crippen molar-refractivity contribution in [3.8, 4) is 0 Å². The number of aryl methyl sites for hydroxylation is 2. The summed E-state index contributed by atoms with van der Waals surface area (Å²) in [5, 5.41) is 2.70. The highest BCUT2D eigenvalue weighted by atomic mass is 16.5. The quantitative estimate of drug-likeness (QED) is 0.676. The molecule has 0 fully saturated rings. The minimum Gasteiger partial charge on any atom is -0.452 e. The number of hydrogen-bond acceptors (Lipinski definition) is 4. The summed E-state index contributed by atoms with van der Waals surface area (Å²) in [7, 11) is 0. The lowest BCUT2D eigenvalue weighted by atomic mass is 10.1. The Morgan fingerprint density at radius 2 is 1.71 bits per heavy atom. The molecule has 0 saturated carbocycles. The van der Waals surface area contributed by atoms with Crippen LogP contribution in [0.4, 0.5) is 5.69 Å². The van der Waals surface area contributed by atoms with Gasteiger partial charge in [0.15, 0.2) is 12.4 Å². The smallest absolute Gasteiger partial charge is 0.338 e. The first-order valence-electron chi connectivity index (χ1n) is 7.52. The maximum absolute atomic E-state index is 12.0. The van der Waals surface area contributed by atoms with Crippen LogP contribution < -0.4 is 5.32 Å². The van der Waals surface area contributed by atoms with Crippen LogP contribution >= 0.6 is 0 Å². The third-order valence-corrected chi connectivity index (χ3v) is 3.50. The molecule has 0 aliphatic heterocycles. The summed E-state index contributed by atoms with van der Waals surface area (Å²) in [4.78, 5) is 35.2. The number of esters is 1. The zero-order valence-electron chi connectivity index (χ0n) is 13.9. The van der Waals surface area contributed by atoms with Gasteiger partial charge in [0.2, 0.25) is 0 Å². The standard InChI is InChI=1S/C19H19NO4/c1-12-7-8-17(13(2)9-12)20-18(22)11-24-19(23)16-6-4-5-15(10-16)14(3)21/h4-10H,11H2,1-3H3,(H,20,22). The minimum absolute atomic E-state index is 0.141. The van der Waals surface area contributed by atoms with E-state index in [1.807, 2.05) is 26.0 Å². The molecule has 0 unspecified atom stereocenters. The molecule has 0 radical (unpaired) electrons. The third kappa shape index (κ3) is 4.52. The molecule has 0 spiro atoms. The molecule has 124 valence electrons. The number of rotatable bonds is 5. The molecule has 2 rings (SSSR count). The van der Waals surface area contributed by atoms with Gasteiger partial charge in [0.1, 0.15) is 0 Å². The van der Waals surface area contributed by atoms with Gasteiger partial charge in [-0.3, -0.25) is 9.59 Å². The van der Waals surface area contributed by atoms with Gasteiger partial charge < -0.3 is 10.1 Å². The Labute approximate surface area is 140 Å². The number of anilines is 1. The number of ether oxygens (including phenoxy) is 1. The number of carbonyl (C=O) groups is 3. The number of nitrogens with one attached hydrogen (secondary N) is 1. The van der Waals surface area contributed by atoms with Crippen molar-refractivity contribution in [1.29, 1.82) is 0 Å². The second-order valence-electron chi connectivity index (χ2n) is 5.58. The molecule has 0 aromatic heterocycles. The van der Waals surface area contributed by atoms with Crippen molar-refractivity contribution in [3.63, 3.8) is 0 Å². The molecular weight excluding hydrogens is 306 g/mol. The van der Waals surface area contributed by atoms with E-state index >= 15 is 0 Å². The summed E-state index contributed by atoms with van der Waals surface area (Å²) in [6.07, 6.45) is 0. The molecule has 0 bridgehead atoms. The van der Waals surface area contributed by atoms with Gasteiger partial charge in [0, 0.05) is 11.3 Å². The normalized spacial score (nSPS) is 10.1. The molecule has 0 heterocycles.